The fourth-order valence-corrected chi connectivity index (χ4v) is 6.45. The van der Waals surface area contributed by atoms with Gasteiger partial charge in [-0.15, -0.1) is 0 Å². The lowest BCUT2D eigenvalue weighted by Gasteiger charge is -2.34. The van der Waals surface area contributed by atoms with Crippen molar-refractivity contribution in [1.82, 2.24) is 10.2 Å². The van der Waals surface area contributed by atoms with Crippen LogP contribution in [-0.2, 0) is 38.8 Å². The number of anilines is 1. The molecule has 0 saturated heterocycles. The van der Waals surface area contributed by atoms with Crippen LogP contribution in [0, 0.1) is 0 Å². The highest BCUT2D eigenvalue weighted by Crippen LogP contribution is 2.37. The average Bonchev–Trinajstić information content (AvgIpc) is 3.50. The number of hydrogen-bond donors (Lipinski definition) is 1. The minimum atomic E-state index is -4.86. The van der Waals surface area contributed by atoms with E-state index in [0.717, 1.165) is 49.6 Å². The monoisotopic (exact) mass is 665 g/mol. The Bertz CT molecular complexity index is 1600. The molecule has 1 saturated carbocycles. The molecule has 0 aliphatic heterocycles. The predicted molar refractivity (Wildman–Crippen MR) is 167 cm³/mol. The number of methoxy groups -OCH3 is 1. The number of alkyl halides is 3. The summed E-state index contributed by atoms with van der Waals surface area (Å²) in [6.45, 7) is -0.957. The fraction of sp³-hybridized carbons (Fsp3) is 0.375. The highest BCUT2D eigenvalue weighted by Gasteiger charge is 2.37. The molecule has 8 nitrogen and oxygen atoms in total. The predicted octanol–water partition coefficient (Wildman–Crippen LogP) is 5.83. The van der Waals surface area contributed by atoms with Gasteiger partial charge in [-0.05, 0) is 54.3 Å². The first-order valence-electron chi connectivity index (χ1n) is 14.4. The zero-order chi connectivity index (χ0) is 32.8. The Hall–Kier alpha value is -3.77. The molecule has 0 aromatic heterocycles. The van der Waals surface area contributed by atoms with Gasteiger partial charge in [0.25, 0.3) is 0 Å². The second kappa shape index (κ2) is 14.6. The second-order valence-electron chi connectivity index (χ2n) is 11.0. The molecule has 0 bridgehead atoms. The summed E-state index contributed by atoms with van der Waals surface area (Å²) >= 11 is 5.78. The van der Waals surface area contributed by atoms with Crippen LogP contribution in [0.1, 0.15) is 42.4 Å². The number of nitrogens with one attached hydrogen (secondary N) is 1. The van der Waals surface area contributed by atoms with E-state index in [9.17, 15) is 31.2 Å². The fourth-order valence-electron chi connectivity index (χ4n) is 5.39. The normalized spacial score (nSPS) is 14.5. The van der Waals surface area contributed by atoms with Crippen molar-refractivity contribution in [3.8, 4) is 5.75 Å². The molecule has 0 radical (unpaired) electrons. The van der Waals surface area contributed by atoms with E-state index >= 15 is 0 Å². The number of benzene rings is 3. The lowest BCUT2D eigenvalue weighted by Crippen LogP contribution is -2.54. The lowest BCUT2D eigenvalue weighted by atomic mass is 10.0. The standard InChI is InChI=1S/C32H35ClF3N3O5S/c1-44-26-14-8-11-23(17-26)20-38(29(18-22-9-4-3-5-10-22)31(41)37-24-12-6-7-13-24)30(40)21-39(45(2,42)43)25-15-16-28(33)27(19-25)32(34,35)36/h3-5,8-11,14-17,19,24,29H,6-7,12-13,18,20-21H2,1-2H3,(H,37,41)/t29-/m0/s1. The molecule has 1 aliphatic rings. The Labute approximate surface area is 266 Å². The van der Waals surface area contributed by atoms with Crippen LogP contribution >= 0.6 is 11.6 Å². The molecule has 3 aromatic rings. The van der Waals surface area contributed by atoms with Gasteiger partial charge >= 0.3 is 6.18 Å². The number of rotatable bonds is 12. The van der Waals surface area contributed by atoms with Gasteiger partial charge in [-0.2, -0.15) is 13.2 Å². The van der Waals surface area contributed by atoms with Crippen molar-refractivity contribution in [2.45, 2.75) is 56.9 Å². The smallest absolute Gasteiger partial charge is 0.417 e. The molecule has 1 aliphatic carbocycles. The van der Waals surface area contributed by atoms with E-state index in [0.29, 0.717) is 21.7 Å². The molecule has 1 atom stereocenters. The highest BCUT2D eigenvalue weighted by molar-refractivity contribution is 7.92. The third kappa shape index (κ3) is 9.13. The zero-order valence-corrected chi connectivity index (χ0v) is 26.5. The molecule has 1 fully saturated rings. The maximum Gasteiger partial charge on any atom is 0.417 e. The van der Waals surface area contributed by atoms with Gasteiger partial charge in [-0.1, -0.05) is 66.9 Å². The number of sulfonamides is 1. The Morgan fingerprint density at radius 1 is 1.00 bits per heavy atom. The number of ether oxygens (including phenoxy) is 1. The molecule has 0 spiro atoms. The molecule has 0 unspecified atom stereocenters. The molecule has 1 N–H and O–H groups in total. The van der Waals surface area contributed by atoms with Crippen molar-refractivity contribution in [2.24, 2.45) is 0 Å². The summed E-state index contributed by atoms with van der Waals surface area (Å²) in [5.74, 6) is -0.679. The molecule has 4 rings (SSSR count). The van der Waals surface area contributed by atoms with E-state index in [-0.39, 0.29) is 24.7 Å². The van der Waals surface area contributed by atoms with E-state index in [1.54, 1.807) is 36.4 Å². The van der Waals surface area contributed by atoms with Crippen LogP contribution in [0.5, 0.6) is 5.75 Å². The van der Waals surface area contributed by atoms with Gasteiger partial charge in [0.2, 0.25) is 21.8 Å². The highest BCUT2D eigenvalue weighted by atomic mass is 35.5. The number of carbonyl (C=O) groups is 2. The minimum Gasteiger partial charge on any atom is -0.497 e. The zero-order valence-electron chi connectivity index (χ0n) is 24.9. The number of nitrogens with zero attached hydrogens (tertiary/aromatic N) is 2. The van der Waals surface area contributed by atoms with E-state index in [1.807, 2.05) is 18.2 Å². The molecule has 45 heavy (non-hydrogen) atoms. The van der Waals surface area contributed by atoms with E-state index in [1.165, 1.54) is 12.0 Å². The van der Waals surface area contributed by atoms with E-state index in [4.69, 9.17) is 16.3 Å². The summed E-state index contributed by atoms with van der Waals surface area (Å²) in [5.41, 5.74) is -0.265. The molecular weight excluding hydrogens is 631 g/mol. The van der Waals surface area contributed by atoms with Crippen molar-refractivity contribution < 1.29 is 35.9 Å². The van der Waals surface area contributed by atoms with Crippen molar-refractivity contribution in [2.75, 3.05) is 24.2 Å². The number of halogens is 4. The van der Waals surface area contributed by atoms with E-state index in [2.05, 4.69) is 5.32 Å². The number of hydrogen-bond acceptors (Lipinski definition) is 5. The van der Waals surface area contributed by atoms with Crippen LogP contribution < -0.4 is 14.4 Å². The molecule has 242 valence electrons. The second-order valence-corrected chi connectivity index (χ2v) is 13.3. The Morgan fingerprint density at radius 3 is 2.29 bits per heavy atom. The third-order valence-electron chi connectivity index (χ3n) is 7.68. The van der Waals surface area contributed by atoms with Crippen molar-refractivity contribution >= 4 is 39.1 Å². The third-order valence-corrected chi connectivity index (χ3v) is 9.15. The lowest BCUT2D eigenvalue weighted by molar-refractivity contribution is -0.140. The quantitative estimate of drug-likeness (QED) is 0.263. The molecular formula is C32H35ClF3N3O5S. The van der Waals surface area contributed by atoms with Crippen LogP contribution in [0.3, 0.4) is 0 Å². The molecule has 0 heterocycles. The van der Waals surface area contributed by atoms with Gasteiger partial charge in [0.15, 0.2) is 0 Å². The van der Waals surface area contributed by atoms with Gasteiger partial charge in [-0.3, -0.25) is 13.9 Å². The Kier molecular flexibility index (Phi) is 11.0. The van der Waals surface area contributed by atoms with Crippen LogP contribution in [0.4, 0.5) is 18.9 Å². The molecule has 2 amide bonds. The maximum atomic E-state index is 14.2. The van der Waals surface area contributed by atoms with Crippen LogP contribution in [0.25, 0.3) is 0 Å². The summed E-state index contributed by atoms with van der Waals surface area (Å²) < 4.78 is 72.8. The summed E-state index contributed by atoms with van der Waals surface area (Å²) in [7, 11) is -2.79. The number of amides is 2. The van der Waals surface area contributed by atoms with Gasteiger partial charge < -0.3 is 15.0 Å². The summed E-state index contributed by atoms with van der Waals surface area (Å²) in [5, 5.41) is 2.45. The summed E-state index contributed by atoms with van der Waals surface area (Å²) in [6.07, 6.45) is -0.426. The SMILES string of the molecule is COc1cccc(CN(C(=O)CN(c2ccc(Cl)c(C(F)(F)F)c2)S(C)(=O)=O)[C@@H](Cc2ccccc2)C(=O)NC2CCCC2)c1. The first kappa shape index (κ1) is 34.1. The topological polar surface area (TPSA) is 96.0 Å². The van der Waals surface area contributed by atoms with Gasteiger partial charge in [0, 0.05) is 19.0 Å². The van der Waals surface area contributed by atoms with Gasteiger partial charge in [-0.25, -0.2) is 8.42 Å². The van der Waals surface area contributed by atoms with Gasteiger partial charge in [0.1, 0.15) is 18.3 Å². The maximum absolute atomic E-state index is 14.2. The van der Waals surface area contributed by atoms with Crippen LogP contribution in [0.15, 0.2) is 72.8 Å². The van der Waals surface area contributed by atoms with Crippen LogP contribution in [0.2, 0.25) is 5.02 Å². The largest absolute Gasteiger partial charge is 0.497 e. The number of carbonyl (C=O) groups excluding carboxylic acids is 2. The molecule has 13 heteroatoms. The van der Waals surface area contributed by atoms with Crippen molar-refractivity contribution in [3.63, 3.8) is 0 Å². The van der Waals surface area contributed by atoms with Crippen LogP contribution in [-0.4, -0.2) is 57.1 Å². The minimum absolute atomic E-state index is 0.0630. The van der Waals surface area contributed by atoms with Gasteiger partial charge in [0.05, 0.1) is 29.6 Å². The van der Waals surface area contributed by atoms with Crippen molar-refractivity contribution in [3.05, 3.63) is 94.5 Å². The first-order valence-corrected chi connectivity index (χ1v) is 16.6. The first-order chi connectivity index (χ1) is 21.3. The van der Waals surface area contributed by atoms with E-state index < -0.39 is 51.2 Å². The van der Waals surface area contributed by atoms with Crippen molar-refractivity contribution in [1.29, 1.82) is 0 Å². The Balaban J connectivity index is 1.77. The molecule has 3 aromatic carbocycles. The summed E-state index contributed by atoms with van der Waals surface area (Å²) in [4.78, 5) is 29.4. The average molecular weight is 666 g/mol. The summed E-state index contributed by atoms with van der Waals surface area (Å²) in [6, 6.07) is 17.4. The Morgan fingerprint density at radius 2 is 1.67 bits per heavy atom.